The number of nitrogens with two attached hydrogens (primary N) is 1. The summed E-state index contributed by atoms with van der Waals surface area (Å²) in [5, 5.41) is 3.99. The molecule has 6 heteroatoms. The number of esters is 1. The molecule has 0 aliphatic heterocycles. The largest absolute Gasteiger partial charge is 0.462 e. The van der Waals surface area contributed by atoms with Crippen molar-refractivity contribution in [2.45, 2.75) is 6.92 Å². The van der Waals surface area contributed by atoms with E-state index < -0.39 is 5.97 Å². The Bertz CT molecular complexity index is 593. The minimum Gasteiger partial charge on any atom is -0.462 e. The molecule has 2 aromatic rings. The molecule has 1 aromatic carbocycles. The van der Waals surface area contributed by atoms with E-state index in [4.69, 9.17) is 15.2 Å². The number of hydrogen-bond donors (Lipinski definition) is 1. The second-order valence-electron chi connectivity index (χ2n) is 3.89. The first kappa shape index (κ1) is 12.9. The summed E-state index contributed by atoms with van der Waals surface area (Å²) in [5.74, 6) is 0.491. The summed E-state index contributed by atoms with van der Waals surface area (Å²) in [6.45, 7) is 2.04. The summed E-state index contributed by atoms with van der Waals surface area (Å²) in [7, 11) is 1.78. The number of benzene rings is 1. The van der Waals surface area contributed by atoms with Gasteiger partial charge in [0.1, 0.15) is 0 Å². The fourth-order valence-corrected chi connectivity index (χ4v) is 1.60. The molecule has 100 valence electrons. The molecule has 0 saturated heterocycles. The maximum atomic E-state index is 11.7. The third kappa shape index (κ3) is 2.85. The van der Waals surface area contributed by atoms with Crippen molar-refractivity contribution < 1.29 is 14.3 Å². The highest BCUT2D eigenvalue weighted by molar-refractivity contribution is 5.96. The molecule has 0 spiro atoms. The Kier molecular flexibility index (Phi) is 3.70. The van der Waals surface area contributed by atoms with Crippen LogP contribution in [0.2, 0.25) is 0 Å². The first-order valence-electron chi connectivity index (χ1n) is 5.84. The molecule has 0 unspecified atom stereocenters. The molecule has 0 aliphatic rings. The Morgan fingerprint density at radius 3 is 2.89 bits per heavy atom. The van der Waals surface area contributed by atoms with Crippen molar-refractivity contribution in [2.75, 3.05) is 12.3 Å². The average Bonchev–Trinajstić information content (AvgIpc) is 2.78. The predicted octanol–water partition coefficient (Wildman–Crippen LogP) is 1.97. The highest BCUT2D eigenvalue weighted by atomic mass is 16.5. The van der Waals surface area contributed by atoms with Crippen molar-refractivity contribution in [3.63, 3.8) is 0 Å². The molecule has 0 radical (unpaired) electrons. The zero-order valence-electron chi connectivity index (χ0n) is 10.8. The van der Waals surface area contributed by atoms with Gasteiger partial charge in [0.15, 0.2) is 11.5 Å². The lowest BCUT2D eigenvalue weighted by atomic mass is 10.1. The van der Waals surface area contributed by atoms with E-state index in [1.54, 1.807) is 49.2 Å². The number of aromatic nitrogens is 2. The topological polar surface area (TPSA) is 79.4 Å². The minimum atomic E-state index is -0.461. The highest BCUT2D eigenvalue weighted by Gasteiger charge is 2.15. The molecular weight excluding hydrogens is 246 g/mol. The number of nitrogen functional groups attached to an aromatic ring is 1. The minimum absolute atomic E-state index is 0.254. The first-order valence-corrected chi connectivity index (χ1v) is 5.84. The van der Waals surface area contributed by atoms with Gasteiger partial charge in [0.05, 0.1) is 30.3 Å². The van der Waals surface area contributed by atoms with Crippen LogP contribution < -0.4 is 10.5 Å². The number of rotatable bonds is 4. The van der Waals surface area contributed by atoms with Crippen molar-refractivity contribution in [1.82, 2.24) is 9.78 Å². The molecule has 1 heterocycles. The standard InChI is InChI=1S/C13H15N3O3/c1-3-18-13(17)10-5-4-6-11(12(10)14)19-9-7-15-16(2)8-9/h4-8H,3,14H2,1-2H3. The second-order valence-corrected chi connectivity index (χ2v) is 3.89. The van der Waals surface area contributed by atoms with E-state index in [2.05, 4.69) is 5.10 Å². The second kappa shape index (κ2) is 5.43. The number of nitrogens with zero attached hydrogens (tertiary/aromatic N) is 2. The Balaban J connectivity index is 2.27. The average molecular weight is 261 g/mol. The lowest BCUT2D eigenvalue weighted by molar-refractivity contribution is 0.0527. The van der Waals surface area contributed by atoms with Crippen molar-refractivity contribution in [1.29, 1.82) is 0 Å². The Morgan fingerprint density at radius 1 is 1.47 bits per heavy atom. The smallest absolute Gasteiger partial charge is 0.340 e. The molecule has 2 rings (SSSR count). The van der Waals surface area contributed by atoms with Gasteiger partial charge in [-0.3, -0.25) is 4.68 Å². The van der Waals surface area contributed by atoms with Crippen LogP contribution in [0.4, 0.5) is 5.69 Å². The van der Waals surface area contributed by atoms with Crippen LogP contribution in [0.3, 0.4) is 0 Å². The van der Waals surface area contributed by atoms with E-state index in [0.29, 0.717) is 23.7 Å². The summed E-state index contributed by atoms with van der Waals surface area (Å²) in [6.07, 6.45) is 3.27. The van der Waals surface area contributed by atoms with Crippen LogP contribution in [0.15, 0.2) is 30.6 Å². The first-order chi connectivity index (χ1) is 9.11. The Hall–Kier alpha value is -2.50. The lowest BCUT2D eigenvalue weighted by Crippen LogP contribution is -2.08. The molecular formula is C13H15N3O3. The molecule has 0 aliphatic carbocycles. The van der Waals surface area contributed by atoms with Crippen molar-refractivity contribution >= 4 is 11.7 Å². The number of aryl methyl sites for hydroxylation is 1. The predicted molar refractivity (Wildman–Crippen MR) is 70.1 cm³/mol. The van der Waals surface area contributed by atoms with Crippen LogP contribution in [0.1, 0.15) is 17.3 Å². The van der Waals surface area contributed by atoms with Gasteiger partial charge in [-0.05, 0) is 19.1 Å². The zero-order valence-corrected chi connectivity index (χ0v) is 10.8. The molecule has 0 fully saturated rings. The van der Waals surface area contributed by atoms with E-state index in [-0.39, 0.29) is 5.69 Å². The van der Waals surface area contributed by atoms with Crippen molar-refractivity contribution in [3.05, 3.63) is 36.2 Å². The van der Waals surface area contributed by atoms with Crippen molar-refractivity contribution in [2.24, 2.45) is 7.05 Å². The van der Waals surface area contributed by atoms with E-state index in [0.717, 1.165) is 0 Å². The molecule has 0 saturated carbocycles. The zero-order chi connectivity index (χ0) is 13.8. The van der Waals surface area contributed by atoms with Crippen molar-refractivity contribution in [3.8, 4) is 11.5 Å². The highest BCUT2D eigenvalue weighted by Crippen LogP contribution is 2.30. The van der Waals surface area contributed by atoms with Gasteiger partial charge < -0.3 is 15.2 Å². The van der Waals surface area contributed by atoms with E-state index in [1.165, 1.54) is 0 Å². The number of hydrogen-bond acceptors (Lipinski definition) is 5. The van der Waals surface area contributed by atoms with E-state index >= 15 is 0 Å². The molecule has 0 atom stereocenters. The number of anilines is 1. The maximum absolute atomic E-state index is 11.7. The number of ether oxygens (including phenoxy) is 2. The molecule has 6 nitrogen and oxygen atoms in total. The third-order valence-electron chi connectivity index (χ3n) is 2.47. The van der Waals surface area contributed by atoms with Gasteiger partial charge >= 0.3 is 5.97 Å². The monoisotopic (exact) mass is 261 g/mol. The fourth-order valence-electron chi connectivity index (χ4n) is 1.60. The van der Waals surface area contributed by atoms with Crippen LogP contribution >= 0.6 is 0 Å². The summed E-state index contributed by atoms with van der Waals surface area (Å²) in [4.78, 5) is 11.7. The molecule has 19 heavy (non-hydrogen) atoms. The summed E-state index contributed by atoms with van der Waals surface area (Å²) < 4.78 is 12.1. The summed E-state index contributed by atoms with van der Waals surface area (Å²) in [6, 6.07) is 4.98. The van der Waals surface area contributed by atoms with Crippen LogP contribution in [-0.2, 0) is 11.8 Å². The molecule has 0 bridgehead atoms. The Labute approximate surface area is 110 Å². The Morgan fingerprint density at radius 2 is 2.26 bits per heavy atom. The van der Waals surface area contributed by atoms with Crippen LogP contribution in [-0.4, -0.2) is 22.4 Å². The normalized spacial score (nSPS) is 10.2. The quantitative estimate of drug-likeness (QED) is 0.672. The summed E-state index contributed by atoms with van der Waals surface area (Å²) in [5.41, 5.74) is 6.47. The molecule has 1 aromatic heterocycles. The van der Waals surface area contributed by atoms with Gasteiger partial charge in [-0.2, -0.15) is 5.10 Å². The van der Waals surface area contributed by atoms with Crippen LogP contribution in [0.5, 0.6) is 11.5 Å². The maximum Gasteiger partial charge on any atom is 0.340 e. The van der Waals surface area contributed by atoms with E-state index in [9.17, 15) is 4.79 Å². The van der Waals surface area contributed by atoms with Crippen LogP contribution in [0.25, 0.3) is 0 Å². The van der Waals surface area contributed by atoms with E-state index in [1.807, 2.05) is 0 Å². The van der Waals surface area contributed by atoms with Gasteiger partial charge in [0, 0.05) is 7.05 Å². The van der Waals surface area contributed by atoms with Crippen LogP contribution in [0, 0.1) is 0 Å². The number of carbonyl (C=O) groups excluding carboxylic acids is 1. The lowest BCUT2D eigenvalue weighted by Gasteiger charge is -2.10. The molecule has 0 amide bonds. The number of para-hydroxylation sites is 1. The number of carbonyl (C=O) groups is 1. The van der Waals surface area contributed by atoms with Gasteiger partial charge in [0.2, 0.25) is 0 Å². The third-order valence-corrected chi connectivity index (χ3v) is 2.47. The van der Waals surface area contributed by atoms with Gasteiger partial charge in [0.25, 0.3) is 0 Å². The van der Waals surface area contributed by atoms with Gasteiger partial charge in [-0.1, -0.05) is 6.07 Å². The SMILES string of the molecule is CCOC(=O)c1cccc(Oc2cnn(C)c2)c1N. The summed E-state index contributed by atoms with van der Waals surface area (Å²) >= 11 is 0. The van der Waals surface area contributed by atoms with Gasteiger partial charge in [-0.25, -0.2) is 4.79 Å². The fraction of sp³-hybridized carbons (Fsp3) is 0.231. The van der Waals surface area contributed by atoms with Gasteiger partial charge in [-0.15, -0.1) is 0 Å². The molecule has 2 N–H and O–H groups in total.